The van der Waals surface area contributed by atoms with Gasteiger partial charge < -0.3 is 34.8 Å². The number of aliphatic hydroxyl groups is 2. The molecule has 2 rings (SSSR count). The van der Waals surface area contributed by atoms with Crippen LogP contribution < -0.4 is 5.32 Å². The number of rotatable bonds is 12. The van der Waals surface area contributed by atoms with Gasteiger partial charge in [-0.2, -0.15) is 11.8 Å². The SMILES string of the molecule is CCCCOC1OC(CSC(C)(C)C(NC(=O)OCc2ccccc2)C(=O)O)CC(O)C1O. The Morgan fingerprint density at radius 3 is 2.61 bits per heavy atom. The average Bonchev–Trinajstić information content (AvgIpc) is 2.78. The number of aliphatic hydroxyl groups excluding tert-OH is 2. The summed E-state index contributed by atoms with van der Waals surface area (Å²) in [7, 11) is 0. The zero-order valence-corrected chi connectivity index (χ0v) is 20.1. The van der Waals surface area contributed by atoms with E-state index in [1.54, 1.807) is 26.0 Å². The van der Waals surface area contributed by atoms with Gasteiger partial charge in [0.25, 0.3) is 0 Å². The van der Waals surface area contributed by atoms with Crippen LogP contribution in [0, 0.1) is 0 Å². The lowest BCUT2D eigenvalue weighted by Crippen LogP contribution is -2.54. The number of carboxylic acid groups (broad SMARTS) is 1. The van der Waals surface area contributed by atoms with Gasteiger partial charge >= 0.3 is 12.1 Å². The second-order valence-electron chi connectivity index (χ2n) is 8.54. The van der Waals surface area contributed by atoms with Crippen molar-refractivity contribution >= 4 is 23.8 Å². The monoisotopic (exact) mass is 485 g/mol. The molecule has 33 heavy (non-hydrogen) atoms. The van der Waals surface area contributed by atoms with E-state index >= 15 is 0 Å². The Balaban J connectivity index is 1.90. The predicted octanol–water partition coefficient (Wildman–Crippen LogP) is 2.53. The van der Waals surface area contributed by atoms with Crippen LogP contribution in [0.1, 0.15) is 45.6 Å². The van der Waals surface area contributed by atoms with Crippen LogP contribution in [0.5, 0.6) is 0 Å². The van der Waals surface area contributed by atoms with Crippen molar-refractivity contribution in [2.45, 2.75) is 82.0 Å². The Labute approximate surface area is 198 Å². The number of hydrogen-bond acceptors (Lipinski definition) is 8. The van der Waals surface area contributed by atoms with Gasteiger partial charge in [0.1, 0.15) is 18.8 Å². The number of ether oxygens (including phenoxy) is 3. The van der Waals surface area contributed by atoms with E-state index in [4.69, 9.17) is 14.2 Å². The van der Waals surface area contributed by atoms with Crippen molar-refractivity contribution in [2.75, 3.05) is 12.4 Å². The Morgan fingerprint density at radius 2 is 1.97 bits per heavy atom. The minimum absolute atomic E-state index is 0.0299. The van der Waals surface area contributed by atoms with Gasteiger partial charge in [0, 0.05) is 23.5 Å². The molecule has 0 radical (unpaired) electrons. The van der Waals surface area contributed by atoms with Crippen molar-refractivity contribution in [1.82, 2.24) is 5.32 Å². The maximum absolute atomic E-state index is 12.2. The average molecular weight is 486 g/mol. The van der Waals surface area contributed by atoms with Crippen LogP contribution in [-0.2, 0) is 25.6 Å². The second-order valence-corrected chi connectivity index (χ2v) is 10.2. The third kappa shape index (κ3) is 8.78. The van der Waals surface area contributed by atoms with Crippen LogP contribution in [0.2, 0.25) is 0 Å². The Morgan fingerprint density at radius 1 is 1.27 bits per heavy atom. The van der Waals surface area contributed by atoms with Crippen molar-refractivity contribution < 1.29 is 39.1 Å². The molecule has 1 aromatic carbocycles. The number of benzene rings is 1. The van der Waals surface area contributed by atoms with E-state index in [1.165, 1.54) is 11.8 Å². The van der Waals surface area contributed by atoms with E-state index in [-0.39, 0.29) is 13.0 Å². The zero-order valence-electron chi connectivity index (χ0n) is 19.3. The van der Waals surface area contributed by atoms with Crippen LogP contribution in [0.3, 0.4) is 0 Å². The van der Waals surface area contributed by atoms with Gasteiger partial charge in [0.15, 0.2) is 6.29 Å². The van der Waals surface area contributed by atoms with Crippen molar-refractivity contribution in [3.8, 4) is 0 Å². The fourth-order valence-electron chi connectivity index (χ4n) is 3.31. The molecule has 0 spiro atoms. The molecule has 1 saturated heterocycles. The summed E-state index contributed by atoms with van der Waals surface area (Å²) in [5.74, 6) is -0.848. The molecule has 9 nitrogen and oxygen atoms in total. The fraction of sp³-hybridized carbons (Fsp3) is 0.652. The van der Waals surface area contributed by atoms with E-state index in [0.29, 0.717) is 12.4 Å². The predicted molar refractivity (Wildman–Crippen MR) is 124 cm³/mol. The van der Waals surface area contributed by atoms with Crippen molar-refractivity contribution in [1.29, 1.82) is 0 Å². The summed E-state index contributed by atoms with van der Waals surface area (Å²) in [6, 6.07) is 7.87. The van der Waals surface area contributed by atoms with Crippen LogP contribution in [0.25, 0.3) is 0 Å². The number of carbonyl (C=O) groups excluding carboxylic acids is 1. The third-order valence-electron chi connectivity index (χ3n) is 5.34. The summed E-state index contributed by atoms with van der Waals surface area (Å²) in [6.45, 7) is 5.87. The largest absolute Gasteiger partial charge is 0.480 e. The molecule has 10 heteroatoms. The minimum atomic E-state index is -1.22. The molecule has 1 amide bonds. The molecule has 1 heterocycles. The molecule has 0 bridgehead atoms. The summed E-state index contributed by atoms with van der Waals surface area (Å²) in [4.78, 5) is 24.1. The van der Waals surface area contributed by atoms with Gasteiger partial charge in [-0.3, -0.25) is 0 Å². The van der Waals surface area contributed by atoms with Crippen LogP contribution in [-0.4, -0.2) is 75.1 Å². The van der Waals surface area contributed by atoms with Crippen LogP contribution >= 0.6 is 11.8 Å². The first-order valence-corrected chi connectivity index (χ1v) is 12.1. The molecule has 1 fully saturated rings. The van der Waals surface area contributed by atoms with E-state index < -0.39 is 47.5 Å². The lowest BCUT2D eigenvalue weighted by atomic mass is 10.0. The molecule has 5 atom stereocenters. The Hall–Kier alpha value is -1.85. The molecular formula is C23H35NO8S. The van der Waals surface area contributed by atoms with E-state index in [2.05, 4.69) is 5.32 Å². The molecule has 0 saturated carbocycles. The molecule has 1 aliphatic rings. The summed E-state index contributed by atoms with van der Waals surface area (Å²) < 4.78 is 15.6. The number of carboxylic acids is 1. The van der Waals surface area contributed by atoms with Gasteiger partial charge in [0.05, 0.1) is 12.2 Å². The molecule has 1 aromatic rings. The third-order valence-corrected chi connectivity index (χ3v) is 6.86. The molecule has 5 unspecified atom stereocenters. The zero-order chi connectivity index (χ0) is 24.4. The van der Waals surface area contributed by atoms with Gasteiger partial charge in [-0.05, 0) is 25.8 Å². The number of unbranched alkanes of at least 4 members (excludes halogenated alkanes) is 1. The summed E-state index contributed by atoms with van der Waals surface area (Å²) in [6.07, 6.45) is -2.41. The van der Waals surface area contributed by atoms with Crippen molar-refractivity contribution in [2.24, 2.45) is 0 Å². The number of alkyl carbamates (subject to hydrolysis) is 1. The summed E-state index contributed by atoms with van der Waals surface area (Å²) in [5.41, 5.74) is 0.791. The highest BCUT2D eigenvalue weighted by atomic mass is 32.2. The van der Waals surface area contributed by atoms with Crippen molar-refractivity contribution in [3.05, 3.63) is 35.9 Å². The fourth-order valence-corrected chi connectivity index (χ4v) is 4.47. The van der Waals surface area contributed by atoms with Crippen LogP contribution in [0.4, 0.5) is 4.79 Å². The first-order valence-electron chi connectivity index (χ1n) is 11.1. The number of nitrogens with one attached hydrogen (secondary N) is 1. The Kier molecular flexibility index (Phi) is 10.9. The number of hydrogen-bond donors (Lipinski definition) is 4. The number of amides is 1. The topological polar surface area (TPSA) is 135 Å². The van der Waals surface area contributed by atoms with Gasteiger partial charge in [-0.15, -0.1) is 0 Å². The normalized spacial score (nSPS) is 24.2. The maximum atomic E-state index is 12.2. The minimum Gasteiger partial charge on any atom is -0.480 e. The van der Waals surface area contributed by atoms with Crippen LogP contribution in [0.15, 0.2) is 30.3 Å². The number of aliphatic carboxylic acids is 1. The molecule has 4 N–H and O–H groups in total. The summed E-state index contributed by atoms with van der Waals surface area (Å²) in [5, 5.41) is 32.5. The first-order chi connectivity index (χ1) is 15.6. The van der Waals surface area contributed by atoms with Gasteiger partial charge in [0.2, 0.25) is 0 Å². The second kappa shape index (κ2) is 13.1. The molecular weight excluding hydrogens is 450 g/mol. The molecule has 186 valence electrons. The van der Waals surface area contributed by atoms with Gasteiger partial charge in [-0.25, -0.2) is 9.59 Å². The molecule has 1 aliphatic heterocycles. The molecule has 0 aromatic heterocycles. The maximum Gasteiger partial charge on any atom is 0.408 e. The van der Waals surface area contributed by atoms with E-state index in [9.17, 15) is 24.9 Å². The number of thioether (sulfide) groups is 1. The summed E-state index contributed by atoms with van der Waals surface area (Å²) >= 11 is 1.29. The lowest BCUT2D eigenvalue weighted by molar-refractivity contribution is -0.262. The van der Waals surface area contributed by atoms with E-state index in [1.807, 2.05) is 25.1 Å². The Bertz CT molecular complexity index is 747. The smallest absolute Gasteiger partial charge is 0.408 e. The first kappa shape index (κ1) is 27.4. The van der Waals surface area contributed by atoms with Crippen molar-refractivity contribution in [3.63, 3.8) is 0 Å². The van der Waals surface area contributed by atoms with E-state index in [0.717, 1.165) is 18.4 Å². The lowest BCUT2D eigenvalue weighted by Gasteiger charge is -2.38. The van der Waals surface area contributed by atoms with Gasteiger partial charge in [-0.1, -0.05) is 43.7 Å². The highest BCUT2D eigenvalue weighted by Crippen LogP contribution is 2.33. The highest BCUT2D eigenvalue weighted by Gasteiger charge is 2.41. The quantitative estimate of drug-likeness (QED) is 0.329. The highest BCUT2D eigenvalue weighted by molar-refractivity contribution is 8.00. The standard InChI is InChI=1S/C23H35NO8S/c1-4-5-11-30-21-18(26)17(25)12-16(32-21)14-33-23(2,3)19(20(27)28)24-22(29)31-13-15-9-7-6-8-10-15/h6-10,16-19,21,25-26H,4-5,11-14H2,1-3H3,(H,24,29)(H,27,28). The molecule has 0 aliphatic carbocycles. The number of carbonyl (C=O) groups is 2.